The van der Waals surface area contributed by atoms with Crippen molar-refractivity contribution in [3.05, 3.63) is 76.4 Å². The number of carboxylic acid groups (broad SMARTS) is 1. The summed E-state index contributed by atoms with van der Waals surface area (Å²) in [4.78, 5) is 12.3. The number of hydrogen-bond donors (Lipinski definition) is 1. The number of carbonyl (C=O) groups is 1. The van der Waals surface area contributed by atoms with Crippen LogP contribution in [0.4, 0.5) is 4.39 Å². The van der Waals surface area contributed by atoms with Crippen LogP contribution in [0.2, 0.25) is 0 Å². The van der Waals surface area contributed by atoms with Crippen LogP contribution in [0.3, 0.4) is 0 Å². The molecule has 0 saturated heterocycles. The van der Waals surface area contributed by atoms with E-state index in [2.05, 4.69) is 10.3 Å². The Labute approximate surface area is 235 Å². The third kappa shape index (κ3) is 6.26. The van der Waals surface area contributed by atoms with Crippen molar-refractivity contribution in [2.45, 2.75) is 78.2 Å². The zero-order valence-electron chi connectivity index (χ0n) is 23.6. The number of hydrogen-bond acceptors (Lipinski definition) is 6. The molecule has 3 aromatic rings. The second-order valence-electron chi connectivity index (χ2n) is 11.2. The van der Waals surface area contributed by atoms with E-state index in [1.54, 1.807) is 30.8 Å². The maximum atomic E-state index is 14.1. The standard InChI is InChI=1S/C29H37FN4O5S/c1-6-11-33-17-25(31-32-33)18-39-27(29(4,5)28(35)36)22-8-7-20(3)23(13-22)16-34-15-19(2)12-21-9-10-24(30)14-26(21)40(34,37)38/h7-10,13-14,17,19,27H,6,11-12,15-16,18H2,1-5H3,(H,35,36)/t19-,27?/m1/s1. The number of aliphatic carboxylic acids is 1. The van der Waals surface area contributed by atoms with Crippen LogP contribution >= 0.6 is 0 Å². The van der Waals surface area contributed by atoms with Gasteiger partial charge in [-0.1, -0.05) is 43.3 Å². The van der Waals surface area contributed by atoms with E-state index in [4.69, 9.17) is 4.74 Å². The lowest BCUT2D eigenvalue weighted by Crippen LogP contribution is -2.34. The van der Waals surface area contributed by atoms with E-state index >= 15 is 0 Å². The van der Waals surface area contributed by atoms with Gasteiger partial charge in [-0.2, -0.15) is 4.31 Å². The van der Waals surface area contributed by atoms with Crippen molar-refractivity contribution in [1.29, 1.82) is 0 Å². The Morgan fingerprint density at radius 1 is 1.25 bits per heavy atom. The van der Waals surface area contributed by atoms with Crippen molar-refractivity contribution in [3.8, 4) is 0 Å². The summed E-state index contributed by atoms with van der Waals surface area (Å²) in [6.45, 7) is 10.2. The van der Waals surface area contributed by atoms with Crippen molar-refractivity contribution in [2.75, 3.05) is 6.54 Å². The van der Waals surface area contributed by atoms with Gasteiger partial charge in [0.1, 0.15) is 11.5 Å². The molecule has 0 bridgehead atoms. The molecule has 2 aromatic carbocycles. The van der Waals surface area contributed by atoms with Crippen LogP contribution < -0.4 is 0 Å². The lowest BCUT2D eigenvalue weighted by Gasteiger charge is -2.31. The van der Waals surface area contributed by atoms with Gasteiger partial charge in [0, 0.05) is 19.6 Å². The number of rotatable bonds is 10. The first-order valence-corrected chi connectivity index (χ1v) is 14.9. The highest BCUT2D eigenvalue weighted by Crippen LogP contribution is 2.39. The first-order valence-electron chi connectivity index (χ1n) is 13.4. The monoisotopic (exact) mass is 572 g/mol. The van der Waals surface area contributed by atoms with Gasteiger partial charge < -0.3 is 9.84 Å². The van der Waals surface area contributed by atoms with Crippen molar-refractivity contribution in [1.82, 2.24) is 19.3 Å². The fraction of sp³-hybridized carbons (Fsp3) is 0.483. The molecular formula is C29H37FN4O5S. The minimum Gasteiger partial charge on any atom is -0.481 e. The molecule has 9 nitrogen and oxygen atoms in total. The smallest absolute Gasteiger partial charge is 0.312 e. The van der Waals surface area contributed by atoms with Crippen molar-refractivity contribution in [2.24, 2.45) is 11.3 Å². The highest BCUT2D eigenvalue weighted by atomic mass is 32.2. The number of carboxylic acids is 1. The van der Waals surface area contributed by atoms with Crippen LogP contribution in [0.1, 0.15) is 68.2 Å². The molecule has 0 saturated carbocycles. The third-order valence-corrected chi connectivity index (χ3v) is 9.29. The number of aryl methyl sites for hydroxylation is 2. The molecule has 11 heteroatoms. The molecule has 0 radical (unpaired) electrons. The van der Waals surface area contributed by atoms with Crippen LogP contribution in [0.25, 0.3) is 0 Å². The zero-order valence-corrected chi connectivity index (χ0v) is 24.4. The third-order valence-electron chi connectivity index (χ3n) is 7.40. The largest absolute Gasteiger partial charge is 0.481 e. The maximum Gasteiger partial charge on any atom is 0.312 e. The molecule has 1 unspecified atom stereocenters. The van der Waals surface area contributed by atoms with E-state index in [0.29, 0.717) is 29.8 Å². The summed E-state index contributed by atoms with van der Waals surface area (Å²) in [5.74, 6) is -1.61. The van der Waals surface area contributed by atoms with Gasteiger partial charge in [-0.3, -0.25) is 9.48 Å². The maximum absolute atomic E-state index is 14.1. The normalized spacial score (nSPS) is 18.2. The van der Waals surface area contributed by atoms with Crippen LogP contribution in [0.5, 0.6) is 0 Å². The molecule has 1 N–H and O–H groups in total. The van der Waals surface area contributed by atoms with Gasteiger partial charge in [0.05, 0.1) is 29.2 Å². The average Bonchev–Trinajstić information content (AvgIpc) is 3.30. The highest BCUT2D eigenvalue weighted by Gasteiger charge is 2.40. The van der Waals surface area contributed by atoms with Gasteiger partial charge in [-0.15, -0.1) is 5.10 Å². The van der Waals surface area contributed by atoms with Gasteiger partial charge in [0.25, 0.3) is 0 Å². The topological polar surface area (TPSA) is 115 Å². The van der Waals surface area contributed by atoms with Gasteiger partial charge >= 0.3 is 5.97 Å². The summed E-state index contributed by atoms with van der Waals surface area (Å²) in [5, 5.41) is 18.3. The number of aromatic nitrogens is 3. The second kappa shape index (κ2) is 11.8. The van der Waals surface area contributed by atoms with Crippen LogP contribution in [-0.2, 0) is 45.7 Å². The van der Waals surface area contributed by atoms with Crippen LogP contribution in [0, 0.1) is 24.1 Å². The summed E-state index contributed by atoms with van der Waals surface area (Å²) in [5.41, 5.74) is 2.07. The molecular weight excluding hydrogens is 535 g/mol. The minimum absolute atomic E-state index is 0.00463. The number of benzene rings is 2. The summed E-state index contributed by atoms with van der Waals surface area (Å²) >= 11 is 0. The van der Waals surface area contributed by atoms with Gasteiger partial charge in [-0.05, 0) is 73.9 Å². The van der Waals surface area contributed by atoms with E-state index in [-0.39, 0.29) is 30.5 Å². The molecule has 40 heavy (non-hydrogen) atoms. The number of halogens is 1. The quantitative estimate of drug-likeness (QED) is 0.368. The lowest BCUT2D eigenvalue weighted by atomic mass is 9.81. The molecule has 2 heterocycles. The summed E-state index contributed by atoms with van der Waals surface area (Å²) in [6.07, 6.45) is 2.35. The Hall–Kier alpha value is -3.15. The Kier molecular flexibility index (Phi) is 8.77. The van der Waals surface area contributed by atoms with E-state index in [1.165, 1.54) is 10.4 Å². The summed E-state index contributed by atoms with van der Waals surface area (Å²) < 4.78 is 50.7. The van der Waals surface area contributed by atoms with Crippen molar-refractivity contribution in [3.63, 3.8) is 0 Å². The number of ether oxygens (including phenoxy) is 1. The van der Waals surface area contributed by atoms with E-state index in [0.717, 1.165) is 23.6 Å². The number of nitrogens with zero attached hydrogens (tertiary/aromatic N) is 4. The molecule has 4 rings (SSSR count). The van der Waals surface area contributed by atoms with E-state index < -0.39 is 33.3 Å². The van der Waals surface area contributed by atoms with Crippen molar-refractivity contribution >= 4 is 16.0 Å². The predicted octanol–water partition coefficient (Wildman–Crippen LogP) is 4.89. The fourth-order valence-corrected chi connectivity index (χ4v) is 6.85. The Morgan fingerprint density at radius 3 is 2.70 bits per heavy atom. The highest BCUT2D eigenvalue weighted by molar-refractivity contribution is 7.89. The average molecular weight is 573 g/mol. The molecule has 1 aromatic heterocycles. The number of fused-ring (bicyclic) bond motifs is 1. The molecule has 2 atom stereocenters. The predicted molar refractivity (Wildman–Crippen MR) is 147 cm³/mol. The molecule has 0 amide bonds. The minimum atomic E-state index is -3.96. The van der Waals surface area contributed by atoms with Gasteiger partial charge in [-0.25, -0.2) is 12.8 Å². The van der Waals surface area contributed by atoms with Crippen LogP contribution in [-0.4, -0.2) is 45.3 Å². The Balaban J connectivity index is 1.67. The zero-order chi connectivity index (χ0) is 29.2. The molecule has 0 aliphatic carbocycles. The molecule has 0 spiro atoms. The van der Waals surface area contributed by atoms with Crippen LogP contribution in [0.15, 0.2) is 47.5 Å². The van der Waals surface area contributed by atoms with Gasteiger partial charge in [0.15, 0.2) is 0 Å². The number of sulfonamides is 1. The van der Waals surface area contributed by atoms with Gasteiger partial charge in [0.2, 0.25) is 10.0 Å². The second-order valence-corrected chi connectivity index (χ2v) is 13.1. The Bertz CT molecular complexity index is 1490. The first kappa shape index (κ1) is 29.8. The van der Waals surface area contributed by atoms with Crippen molar-refractivity contribution < 1.29 is 27.4 Å². The molecule has 216 valence electrons. The van der Waals surface area contributed by atoms with E-state index in [1.807, 2.05) is 39.0 Å². The summed E-state index contributed by atoms with van der Waals surface area (Å²) in [7, 11) is -3.96. The lowest BCUT2D eigenvalue weighted by molar-refractivity contribution is -0.158. The SMILES string of the molecule is CCCn1cc(COC(c2ccc(C)c(CN3C[C@H](C)Cc4ccc(F)cc4S3(=O)=O)c2)C(C)(C)C(=O)O)nn1. The molecule has 1 aliphatic rings. The van der Waals surface area contributed by atoms with E-state index in [9.17, 15) is 22.7 Å². The Morgan fingerprint density at radius 2 is 2.00 bits per heavy atom. The molecule has 0 fully saturated rings. The summed E-state index contributed by atoms with van der Waals surface area (Å²) in [6, 6.07) is 9.40. The molecule has 1 aliphatic heterocycles. The fourth-order valence-electron chi connectivity index (χ4n) is 5.07. The first-order chi connectivity index (χ1) is 18.8.